The first-order chi connectivity index (χ1) is 15.5. The summed E-state index contributed by atoms with van der Waals surface area (Å²) in [6, 6.07) is 23.7. The van der Waals surface area contributed by atoms with Crippen LogP contribution in [-0.4, -0.2) is 23.2 Å². The van der Waals surface area contributed by atoms with Crippen molar-refractivity contribution in [1.29, 1.82) is 0 Å². The van der Waals surface area contributed by atoms with Crippen LogP contribution in [0, 0.1) is 0 Å². The van der Waals surface area contributed by atoms with Crippen LogP contribution in [0.25, 0.3) is 10.8 Å². The van der Waals surface area contributed by atoms with Gasteiger partial charge in [-0.25, -0.2) is 10.2 Å². The van der Waals surface area contributed by atoms with Crippen LogP contribution >= 0.6 is 11.6 Å². The van der Waals surface area contributed by atoms with E-state index in [9.17, 15) is 14.7 Å². The van der Waals surface area contributed by atoms with Gasteiger partial charge in [0.05, 0.1) is 22.4 Å². The largest absolute Gasteiger partial charge is 0.507 e. The molecule has 6 nitrogen and oxygen atoms in total. The van der Waals surface area contributed by atoms with Gasteiger partial charge in [-0.2, -0.15) is 5.10 Å². The number of nitrogens with zero attached hydrogens (tertiary/aromatic N) is 1. The molecule has 0 bridgehead atoms. The number of phenols is 1. The van der Waals surface area contributed by atoms with E-state index in [0.29, 0.717) is 5.56 Å². The molecule has 2 N–H and O–H groups in total. The lowest BCUT2D eigenvalue weighted by Gasteiger charge is -2.11. The fraction of sp³-hybridized carbons (Fsp3) is 0. The molecule has 158 valence electrons. The summed E-state index contributed by atoms with van der Waals surface area (Å²) in [5.74, 6) is -1.08. The Morgan fingerprint density at radius 1 is 0.875 bits per heavy atom. The van der Waals surface area contributed by atoms with Crippen LogP contribution in [0.2, 0.25) is 5.02 Å². The maximum atomic E-state index is 12.7. The second-order valence-corrected chi connectivity index (χ2v) is 7.19. The molecule has 0 aliphatic rings. The highest BCUT2D eigenvalue weighted by Crippen LogP contribution is 2.28. The van der Waals surface area contributed by atoms with Crippen LogP contribution in [0.5, 0.6) is 11.5 Å². The molecule has 0 saturated heterocycles. The molecule has 4 aromatic rings. The molecule has 1 amide bonds. The molecule has 0 aromatic heterocycles. The molecular weight excluding hydrogens is 428 g/mol. The summed E-state index contributed by atoms with van der Waals surface area (Å²) in [7, 11) is 0. The topological polar surface area (TPSA) is 88.0 Å². The highest BCUT2D eigenvalue weighted by atomic mass is 35.5. The van der Waals surface area contributed by atoms with E-state index in [2.05, 4.69) is 10.5 Å². The molecule has 0 radical (unpaired) electrons. The minimum absolute atomic E-state index is 0.0907. The third kappa shape index (κ3) is 4.45. The number of amides is 1. The van der Waals surface area contributed by atoms with Gasteiger partial charge < -0.3 is 9.84 Å². The number of hydrogen-bond acceptors (Lipinski definition) is 5. The maximum Gasteiger partial charge on any atom is 0.345 e. The molecule has 0 aliphatic heterocycles. The van der Waals surface area contributed by atoms with Gasteiger partial charge in [0.2, 0.25) is 0 Å². The Hall–Kier alpha value is -4.16. The summed E-state index contributed by atoms with van der Waals surface area (Å²) in [6.45, 7) is 0. The van der Waals surface area contributed by atoms with Gasteiger partial charge in [0.15, 0.2) is 0 Å². The summed E-state index contributed by atoms with van der Waals surface area (Å²) in [4.78, 5) is 25.0. The van der Waals surface area contributed by atoms with Gasteiger partial charge in [0.1, 0.15) is 11.5 Å². The number of rotatable bonds is 5. The van der Waals surface area contributed by atoms with Gasteiger partial charge in [-0.1, -0.05) is 66.2 Å². The Bertz CT molecular complexity index is 1350. The van der Waals surface area contributed by atoms with Crippen LogP contribution in [0.4, 0.5) is 0 Å². The molecule has 0 saturated carbocycles. The van der Waals surface area contributed by atoms with Gasteiger partial charge in [-0.05, 0) is 41.1 Å². The lowest BCUT2D eigenvalue weighted by molar-refractivity contribution is 0.0734. The van der Waals surface area contributed by atoms with Crippen LogP contribution in [0.15, 0.2) is 90.0 Å². The van der Waals surface area contributed by atoms with Crippen molar-refractivity contribution in [2.24, 2.45) is 5.10 Å². The van der Waals surface area contributed by atoms with E-state index in [1.165, 1.54) is 18.3 Å². The van der Waals surface area contributed by atoms with Crippen molar-refractivity contribution < 1.29 is 19.4 Å². The number of nitrogens with one attached hydrogen (secondary N) is 1. The summed E-state index contributed by atoms with van der Waals surface area (Å²) in [5, 5.41) is 15.8. The van der Waals surface area contributed by atoms with E-state index < -0.39 is 11.9 Å². The van der Waals surface area contributed by atoms with Crippen molar-refractivity contribution in [3.8, 4) is 11.5 Å². The molecule has 0 unspecified atom stereocenters. The van der Waals surface area contributed by atoms with E-state index in [-0.39, 0.29) is 27.6 Å². The molecule has 0 fully saturated rings. The number of ether oxygens (including phenoxy) is 1. The molecule has 0 heterocycles. The van der Waals surface area contributed by atoms with Crippen LogP contribution in [0.1, 0.15) is 26.3 Å². The third-order valence-electron chi connectivity index (χ3n) is 4.74. The number of phenolic OH excluding ortho intramolecular Hbond substituents is 1. The van der Waals surface area contributed by atoms with Crippen LogP contribution in [-0.2, 0) is 0 Å². The fourth-order valence-corrected chi connectivity index (χ4v) is 3.37. The van der Waals surface area contributed by atoms with Crippen molar-refractivity contribution in [1.82, 2.24) is 5.43 Å². The molecule has 4 aromatic carbocycles. The number of benzene rings is 4. The molecule has 7 heteroatoms. The molecule has 0 spiro atoms. The standard InChI is InChI=1S/C25H17ClN2O4/c26-21-11-5-3-9-18(21)25(31)32-23-14-13-16-7-1-2-8-17(16)20(23)15-27-28-24(30)19-10-4-6-12-22(19)29/h1-15,29H,(H,28,30). The summed E-state index contributed by atoms with van der Waals surface area (Å²) >= 11 is 6.11. The van der Waals surface area contributed by atoms with E-state index in [0.717, 1.165) is 10.8 Å². The minimum atomic E-state index is -0.612. The zero-order chi connectivity index (χ0) is 22.5. The smallest absolute Gasteiger partial charge is 0.345 e. The van der Waals surface area contributed by atoms with Crippen molar-refractivity contribution in [3.05, 3.63) is 107 Å². The first-order valence-electron chi connectivity index (χ1n) is 9.64. The zero-order valence-corrected chi connectivity index (χ0v) is 17.4. The number of carbonyl (C=O) groups excluding carboxylic acids is 2. The monoisotopic (exact) mass is 444 g/mol. The number of esters is 1. The SMILES string of the molecule is O=C(NN=Cc1c(OC(=O)c2ccccc2Cl)ccc2ccccc12)c1ccccc1O. The second kappa shape index (κ2) is 9.32. The van der Waals surface area contributed by atoms with Crippen molar-refractivity contribution in [3.63, 3.8) is 0 Å². The predicted octanol–water partition coefficient (Wildman–Crippen LogP) is 5.18. The van der Waals surface area contributed by atoms with Crippen LogP contribution < -0.4 is 10.2 Å². The second-order valence-electron chi connectivity index (χ2n) is 6.78. The van der Waals surface area contributed by atoms with Crippen LogP contribution in [0.3, 0.4) is 0 Å². The van der Waals surface area contributed by atoms with E-state index in [1.54, 1.807) is 42.5 Å². The maximum absolute atomic E-state index is 12.7. The minimum Gasteiger partial charge on any atom is -0.507 e. The molecule has 0 atom stereocenters. The number of carbonyl (C=O) groups is 2. The lowest BCUT2D eigenvalue weighted by atomic mass is 10.0. The van der Waals surface area contributed by atoms with Gasteiger partial charge in [-0.15, -0.1) is 0 Å². The van der Waals surface area contributed by atoms with Crippen molar-refractivity contribution in [2.75, 3.05) is 0 Å². The Morgan fingerprint density at radius 3 is 2.34 bits per heavy atom. The molecular formula is C25H17ClN2O4. The Balaban J connectivity index is 1.65. The first-order valence-corrected chi connectivity index (χ1v) is 10.0. The summed E-state index contributed by atoms with van der Waals surface area (Å²) in [5.41, 5.74) is 3.21. The highest BCUT2D eigenvalue weighted by molar-refractivity contribution is 6.33. The average Bonchev–Trinajstić information content (AvgIpc) is 2.80. The molecule has 4 rings (SSSR count). The number of halogens is 1. The van der Waals surface area contributed by atoms with Gasteiger partial charge in [0, 0.05) is 5.56 Å². The Kier molecular flexibility index (Phi) is 6.14. The number of hydrogen-bond donors (Lipinski definition) is 2. The summed E-state index contributed by atoms with van der Waals surface area (Å²) < 4.78 is 5.61. The number of hydrazone groups is 1. The zero-order valence-electron chi connectivity index (χ0n) is 16.7. The number of para-hydroxylation sites is 1. The molecule has 0 aliphatic carbocycles. The Labute approximate surface area is 188 Å². The average molecular weight is 445 g/mol. The normalized spacial score (nSPS) is 10.9. The number of fused-ring (bicyclic) bond motifs is 1. The van der Waals surface area contributed by atoms with Crippen molar-refractivity contribution in [2.45, 2.75) is 0 Å². The third-order valence-corrected chi connectivity index (χ3v) is 5.07. The lowest BCUT2D eigenvalue weighted by Crippen LogP contribution is -2.18. The van der Waals surface area contributed by atoms with E-state index >= 15 is 0 Å². The fourth-order valence-electron chi connectivity index (χ4n) is 3.16. The Morgan fingerprint density at radius 2 is 1.56 bits per heavy atom. The van der Waals surface area contributed by atoms with Crippen molar-refractivity contribution >= 4 is 40.5 Å². The van der Waals surface area contributed by atoms with Gasteiger partial charge >= 0.3 is 5.97 Å². The molecule has 32 heavy (non-hydrogen) atoms. The first kappa shape index (κ1) is 21.1. The predicted molar refractivity (Wildman–Crippen MR) is 124 cm³/mol. The van der Waals surface area contributed by atoms with Gasteiger partial charge in [0.25, 0.3) is 5.91 Å². The quantitative estimate of drug-likeness (QED) is 0.192. The number of aromatic hydroxyl groups is 1. The summed E-state index contributed by atoms with van der Waals surface area (Å²) in [6.07, 6.45) is 1.40. The highest BCUT2D eigenvalue weighted by Gasteiger charge is 2.16. The van der Waals surface area contributed by atoms with Gasteiger partial charge in [-0.3, -0.25) is 4.79 Å². The van der Waals surface area contributed by atoms with E-state index in [4.69, 9.17) is 16.3 Å². The van der Waals surface area contributed by atoms with E-state index in [1.807, 2.05) is 30.3 Å².